The zero-order chi connectivity index (χ0) is 23.8. The third-order valence-electron chi connectivity index (χ3n) is 3.72. The highest BCUT2D eigenvalue weighted by molar-refractivity contribution is 8.03. The van der Waals surface area contributed by atoms with E-state index in [1.54, 1.807) is 12.1 Å². The minimum atomic E-state index is -0.547. The number of benzene rings is 2. The number of rotatable bonds is 10. The van der Waals surface area contributed by atoms with E-state index in [9.17, 15) is 29.8 Å². The number of amides is 2. The van der Waals surface area contributed by atoms with Gasteiger partial charge in [-0.25, -0.2) is 0 Å². The number of anilines is 2. The molecule has 1 heterocycles. The lowest BCUT2D eigenvalue weighted by atomic mass is 10.3. The van der Waals surface area contributed by atoms with Gasteiger partial charge in [0.2, 0.25) is 11.8 Å². The monoisotopic (exact) mass is 506 g/mol. The van der Waals surface area contributed by atoms with Gasteiger partial charge in [0.1, 0.15) is 0 Å². The molecule has 2 N–H and O–H groups in total. The zero-order valence-corrected chi connectivity index (χ0v) is 18.9. The lowest BCUT2D eigenvalue weighted by Gasteiger charge is -2.04. The SMILES string of the molecule is O=C(CSc1nnc(SCC(=O)Nc2cccc([N+](=O)[O-])c2)s1)Nc1cccc([N+](=O)[O-])c1. The second kappa shape index (κ2) is 11.3. The quantitative estimate of drug-likeness (QED) is 0.234. The molecule has 1 aromatic heterocycles. The van der Waals surface area contributed by atoms with Gasteiger partial charge in [0.25, 0.3) is 11.4 Å². The molecule has 0 fully saturated rings. The molecular weight excluding hydrogens is 492 g/mol. The van der Waals surface area contributed by atoms with Gasteiger partial charge < -0.3 is 10.6 Å². The summed E-state index contributed by atoms with van der Waals surface area (Å²) in [6, 6.07) is 11.2. The van der Waals surface area contributed by atoms with Crippen molar-refractivity contribution in [1.29, 1.82) is 0 Å². The van der Waals surface area contributed by atoms with Gasteiger partial charge in [-0.2, -0.15) is 0 Å². The largest absolute Gasteiger partial charge is 0.325 e. The van der Waals surface area contributed by atoms with Gasteiger partial charge in [-0.05, 0) is 12.1 Å². The van der Waals surface area contributed by atoms with Crippen molar-refractivity contribution in [2.75, 3.05) is 22.1 Å². The van der Waals surface area contributed by atoms with Gasteiger partial charge >= 0.3 is 0 Å². The van der Waals surface area contributed by atoms with Crippen LogP contribution in [0.1, 0.15) is 0 Å². The Morgan fingerprint density at radius 2 is 1.24 bits per heavy atom. The average Bonchev–Trinajstić information content (AvgIpc) is 3.24. The molecule has 170 valence electrons. The van der Waals surface area contributed by atoms with Crippen molar-refractivity contribution in [3.8, 4) is 0 Å². The Morgan fingerprint density at radius 1 is 0.818 bits per heavy atom. The number of thioether (sulfide) groups is 2. The predicted molar refractivity (Wildman–Crippen MR) is 125 cm³/mol. The second-order valence-electron chi connectivity index (χ2n) is 6.12. The number of aromatic nitrogens is 2. The number of nitrogens with zero attached hydrogens (tertiary/aromatic N) is 4. The van der Waals surface area contributed by atoms with Crippen LogP contribution >= 0.6 is 34.9 Å². The first-order valence-corrected chi connectivity index (χ1v) is 11.8. The Morgan fingerprint density at radius 3 is 1.64 bits per heavy atom. The lowest BCUT2D eigenvalue weighted by Crippen LogP contribution is -2.14. The lowest BCUT2D eigenvalue weighted by molar-refractivity contribution is -0.385. The molecule has 2 amide bonds. The first-order valence-electron chi connectivity index (χ1n) is 8.98. The topological polar surface area (TPSA) is 170 Å². The van der Waals surface area contributed by atoms with Gasteiger partial charge in [0, 0.05) is 35.6 Å². The van der Waals surface area contributed by atoms with E-state index in [1.807, 2.05) is 0 Å². The fourth-order valence-corrected chi connectivity index (χ4v) is 4.98. The molecule has 0 aliphatic rings. The summed E-state index contributed by atoms with van der Waals surface area (Å²) in [5.41, 5.74) is 0.387. The molecule has 15 heteroatoms. The Bertz CT molecular complexity index is 1110. The minimum Gasteiger partial charge on any atom is -0.325 e. The highest BCUT2D eigenvalue weighted by Gasteiger charge is 2.13. The van der Waals surface area contributed by atoms with E-state index in [4.69, 9.17) is 0 Å². The summed E-state index contributed by atoms with van der Waals surface area (Å²) >= 11 is 3.49. The number of carbonyl (C=O) groups excluding carboxylic acids is 2. The van der Waals surface area contributed by atoms with Crippen LogP contribution < -0.4 is 10.6 Å². The van der Waals surface area contributed by atoms with Crippen molar-refractivity contribution in [3.63, 3.8) is 0 Å². The molecule has 33 heavy (non-hydrogen) atoms. The first-order chi connectivity index (χ1) is 15.8. The molecule has 0 aliphatic carbocycles. The third-order valence-corrected chi connectivity index (χ3v) is 6.91. The smallest absolute Gasteiger partial charge is 0.271 e. The van der Waals surface area contributed by atoms with Crippen LogP contribution in [0.5, 0.6) is 0 Å². The molecule has 2 aromatic carbocycles. The van der Waals surface area contributed by atoms with Crippen LogP contribution in [-0.2, 0) is 9.59 Å². The van der Waals surface area contributed by atoms with Gasteiger partial charge in [-0.3, -0.25) is 29.8 Å². The van der Waals surface area contributed by atoms with Crippen LogP contribution in [-0.4, -0.2) is 43.4 Å². The van der Waals surface area contributed by atoms with Crippen molar-refractivity contribution in [1.82, 2.24) is 10.2 Å². The number of nitro benzene ring substituents is 2. The normalized spacial score (nSPS) is 10.4. The molecule has 3 aromatic rings. The van der Waals surface area contributed by atoms with E-state index >= 15 is 0 Å². The minimum absolute atomic E-state index is 0.0231. The molecule has 0 spiro atoms. The number of carbonyl (C=O) groups is 2. The third kappa shape index (κ3) is 7.51. The highest BCUT2D eigenvalue weighted by atomic mass is 32.2. The molecular formula is C18H14N6O6S3. The molecule has 0 unspecified atom stereocenters. The number of hydrogen-bond acceptors (Lipinski definition) is 11. The fraction of sp³-hybridized carbons (Fsp3) is 0.111. The maximum atomic E-state index is 12.1. The fourth-order valence-electron chi connectivity index (χ4n) is 2.36. The Labute approximate surface area is 198 Å². The average molecular weight is 507 g/mol. The van der Waals surface area contributed by atoms with Crippen molar-refractivity contribution in [2.45, 2.75) is 8.68 Å². The molecule has 3 rings (SSSR count). The summed E-state index contributed by atoms with van der Waals surface area (Å²) in [6.45, 7) is 0. The van der Waals surface area contributed by atoms with Crippen molar-refractivity contribution in [3.05, 3.63) is 68.8 Å². The summed E-state index contributed by atoms with van der Waals surface area (Å²) in [7, 11) is 0. The maximum Gasteiger partial charge on any atom is 0.271 e. The van der Waals surface area contributed by atoms with Crippen molar-refractivity contribution in [2.24, 2.45) is 0 Å². The molecule has 0 bridgehead atoms. The van der Waals surface area contributed by atoms with E-state index in [0.29, 0.717) is 20.1 Å². The van der Waals surface area contributed by atoms with Crippen molar-refractivity contribution >= 4 is 69.4 Å². The number of nitrogens with one attached hydrogen (secondary N) is 2. The standard InChI is InChI=1S/C18H14N6O6S3/c25-15(19-11-3-1-5-13(7-11)23(27)28)9-31-17-21-22-18(33-17)32-10-16(26)20-12-4-2-6-14(8-12)24(29)30/h1-8H,9-10H2,(H,19,25)(H,20,26). The summed E-state index contributed by atoms with van der Waals surface area (Å²) < 4.78 is 1.04. The number of nitro groups is 2. The van der Waals surface area contributed by atoms with E-state index in [2.05, 4.69) is 20.8 Å². The van der Waals surface area contributed by atoms with E-state index in [-0.39, 0.29) is 34.7 Å². The summed E-state index contributed by atoms with van der Waals surface area (Å²) in [4.78, 5) is 44.7. The van der Waals surface area contributed by atoms with Crippen LogP contribution in [0, 0.1) is 20.2 Å². The Balaban J connectivity index is 1.44. The van der Waals surface area contributed by atoms with Crippen molar-refractivity contribution < 1.29 is 19.4 Å². The van der Waals surface area contributed by atoms with Gasteiger partial charge in [0.05, 0.1) is 21.4 Å². The molecule has 12 nitrogen and oxygen atoms in total. The zero-order valence-electron chi connectivity index (χ0n) is 16.5. The summed E-state index contributed by atoms with van der Waals surface area (Å²) in [5.74, 6) is -0.674. The number of non-ortho nitro benzene ring substituents is 2. The predicted octanol–water partition coefficient (Wildman–Crippen LogP) is 3.82. The van der Waals surface area contributed by atoms with Gasteiger partial charge in [-0.1, -0.05) is 47.0 Å². The van der Waals surface area contributed by atoms with Crippen LogP contribution in [0.4, 0.5) is 22.7 Å². The van der Waals surface area contributed by atoms with E-state index in [1.165, 1.54) is 47.7 Å². The summed E-state index contributed by atoms with van der Waals surface area (Å²) in [6.07, 6.45) is 0. The summed E-state index contributed by atoms with van der Waals surface area (Å²) in [5, 5.41) is 34.7. The van der Waals surface area contributed by atoms with Crippen LogP contribution in [0.25, 0.3) is 0 Å². The second-order valence-corrected chi connectivity index (χ2v) is 9.54. The Hall–Kier alpha value is -3.56. The van der Waals surface area contributed by atoms with Gasteiger partial charge in [-0.15, -0.1) is 10.2 Å². The van der Waals surface area contributed by atoms with E-state index < -0.39 is 9.85 Å². The van der Waals surface area contributed by atoms with Crippen LogP contribution in [0.15, 0.2) is 57.2 Å². The van der Waals surface area contributed by atoms with Crippen LogP contribution in [0.2, 0.25) is 0 Å². The molecule has 0 saturated carbocycles. The van der Waals surface area contributed by atoms with E-state index in [0.717, 1.165) is 23.5 Å². The van der Waals surface area contributed by atoms with Crippen LogP contribution in [0.3, 0.4) is 0 Å². The highest BCUT2D eigenvalue weighted by Crippen LogP contribution is 2.29. The van der Waals surface area contributed by atoms with Gasteiger partial charge in [0.15, 0.2) is 8.68 Å². The first kappa shape index (κ1) is 24.1. The maximum absolute atomic E-state index is 12.1. The molecule has 0 radical (unpaired) electrons. The molecule has 0 aliphatic heterocycles. The molecule has 0 atom stereocenters. The number of hydrogen-bond donors (Lipinski definition) is 2. The molecule has 0 saturated heterocycles. The Kier molecular flexibility index (Phi) is 8.28.